The molecule has 0 unspecified atom stereocenters. The number of halogens is 1. The van der Waals surface area contributed by atoms with Crippen LogP contribution in [0.2, 0.25) is 5.15 Å². The molecular weight excluding hydrogens is 210 g/mol. The molecular formula is C11H14ClN3. The Morgan fingerprint density at radius 1 is 1.40 bits per heavy atom. The van der Waals surface area contributed by atoms with E-state index in [9.17, 15) is 0 Å². The predicted molar refractivity (Wildman–Crippen MR) is 62.2 cm³/mol. The molecule has 0 amide bonds. The summed E-state index contributed by atoms with van der Waals surface area (Å²) in [7, 11) is 0. The van der Waals surface area contributed by atoms with Crippen molar-refractivity contribution in [2.24, 2.45) is 5.92 Å². The SMILES string of the molecule is Cc1nc(CC(C)C)c2cc(Cl)[nH]c2n1. The molecule has 1 N–H and O–H groups in total. The summed E-state index contributed by atoms with van der Waals surface area (Å²) >= 11 is 5.92. The monoisotopic (exact) mass is 223 g/mol. The van der Waals surface area contributed by atoms with Gasteiger partial charge in [0.1, 0.15) is 16.6 Å². The summed E-state index contributed by atoms with van der Waals surface area (Å²) in [6, 6.07) is 1.90. The van der Waals surface area contributed by atoms with E-state index >= 15 is 0 Å². The van der Waals surface area contributed by atoms with E-state index in [1.54, 1.807) is 0 Å². The van der Waals surface area contributed by atoms with E-state index in [2.05, 4.69) is 28.8 Å². The first-order valence-electron chi connectivity index (χ1n) is 5.08. The second kappa shape index (κ2) is 3.81. The number of H-pyrrole nitrogens is 1. The van der Waals surface area contributed by atoms with Crippen LogP contribution in [-0.4, -0.2) is 15.0 Å². The molecule has 3 nitrogen and oxygen atoms in total. The third kappa shape index (κ3) is 2.12. The number of aryl methyl sites for hydroxylation is 1. The van der Waals surface area contributed by atoms with E-state index in [-0.39, 0.29) is 0 Å². The number of fused-ring (bicyclic) bond motifs is 1. The van der Waals surface area contributed by atoms with Crippen molar-refractivity contribution in [3.63, 3.8) is 0 Å². The van der Waals surface area contributed by atoms with Crippen molar-refractivity contribution in [3.05, 3.63) is 22.7 Å². The van der Waals surface area contributed by atoms with Gasteiger partial charge in [0.25, 0.3) is 0 Å². The summed E-state index contributed by atoms with van der Waals surface area (Å²) in [6.45, 7) is 6.26. The van der Waals surface area contributed by atoms with Crippen LogP contribution in [0.15, 0.2) is 6.07 Å². The van der Waals surface area contributed by atoms with Crippen LogP contribution in [0.1, 0.15) is 25.4 Å². The van der Waals surface area contributed by atoms with E-state index < -0.39 is 0 Å². The maximum atomic E-state index is 5.92. The van der Waals surface area contributed by atoms with E-state index in [1.807, 2.05) is 13.0 Å². The van der Waals surface area contributed by atoms with Gasteiger partial charge in [0, 0.05) is 5.39 Å². The predicted octanol–water partition coefficient (Wildman–Crippen LogP) is 3.12. The summed E-state index contributed by atoms with van der Waals surface area (Å²) in [5.41, 5.74) is 1.92. The normalized spacial score (nSPS) is 11.5. The second-order valence-electron chi connectivity index (χ2n) is 4.20. The largest absolute Gasteiger partial charge is 0.330 e. The molecule has 0 fully saturated rings. The van der Waals surface area contributed by atoms with Crippen molar-refractivity contribution < 1.29 is 0 Å². The van der Waals surface area contributed by atoms with Gasteiger partial charge in [-0.25, -0.2) is 9.97 Å². The molecule has 0 aliphatic carbocycles. The smallest absolute Gasteiger partial charge is 0.142 e. The molecule has 0 radical (unpaired) electrons. The van der Waals surface area contributed by atoms with Gasteiger partial charge in [-0.2, -0.15) is 0 Å². The van der Waals surface area contributed by atoms with Crippen LogP contribution in [0.3, 0.4) is 0 Å². The Bertz CT molecular complexity index is 488. The van der Waals surface area contributed by atoms with Crippen molar-refractivity contribution in [1.29, 1.82) is 0 Å². The third-order valence-electron chi connectivity index (χ3n) is 2.25. The quantitative estimate of drug-likeness (QED) is 0.850. The maximum absolute atomic E-state index is 5.92. The standard InChI is InChI=1S/C11H14ClN3/c1-6(2)4-9-8-5-10(12)15-11(8)14-7(3)13-9/h5-6H,4H2,1-3H3,(H,13,14,15). The van der Waals surface area contributed by atoms with Crippen LogP contribution >= 0.6 is 11.6 Å². The zero-order valence-corrected chi connectivity index (χ0v) is 9.89. The van der Waals surface area contributed by atoms with Crippen LogP contribution in [0.4, 0.5) is 0 Å². The molecule has 0 saturated carbocycles. The maximum Gasteiger partial charge on any atom is 0.142 e. The highest BCUT2D eigenvalue weighted by Crippen LogP contribution is 2.21. The summed E-state index contributed by atoms with van der Waals surface area (Å²) in [5.74, 6) is 1.37. The number of rotatable bonds is 2. The molecule has 15 heavy (non-hydrogen) atoms. The van der Waals surface area contributed by atoms with Gasteiger partial charge in [-0.1, -0.05) is 25.4 Å². The van der Waals surface area contributed by atoms with Crippen molar-refractivity contribution in [2.75, 3.05) is 0 Å². The Kier molecular flexibility index (Phi) is 2.65. The Morgan fingerprint density at radius 3 is 2.80 bits per heavy atom. The Labute approximate surface area is 93.9 Å². The number of aromatic amines is 1. The topological polar surface area (TPSA) is 41.6 Å². The molecule has 2 aromatic rings. The van der Waals surface area contributed by atoms with Crippen LogP contribution < -0.4 is 0 Å². The molecule has 2 aromatic heterocycles. The van der Waals surface area contributed by atoms with Crippen LogP contribution in [-0.2, 0) is 6.42 Å². The first kappa shape index (κ1) is 10.4. The third-order valence-corrected chi connectivity index (χ3v) is 2.45. The molecule has 0 spiro atoms. The molecule has 80 valence electrons. The van der Waals surface area contributed by atoms with Gasteiger partial charge in [0.05, 0.1) is 5.69 Å². The minimum atomic E-state index is 0.580. The van der Waals surface area contributed by atoms with Crippen molar-refractivity contribution >= 4 is 22.6 Å². The fourth-order valence-electron chi connectivity index (χ4n) is 1.70. The minimum absolute atomic E-state index is 0.580. The number of hydrogen-bond donors (Lipinski definition) is 1. The highest BCUT2D eigenvalue weighted by atomic mass is 35.5. The van der Waals surface area contributed by atoms with Gasteiger partial charge < -0.3 is 4.98 Å². The van der Waals surface area contributed by atoms with Gasteiger partial charge in [-0.15, -0.1) is 0 Å². The zero-order chi connectivity index (χ0) is 11.0. The molecule has 0 aromatic carbocycles. The molecule has 0 bridgehead atoms. The Balaban J connectivity index is 2.59. The summed E-state index contributed by atoms with van der Waals surface area (Å²) in [5, 5.41) is 1.66. The Morgan fingerprint density at radius 2 is 2.13 bits per heavy atom. The fraction of sp³-hybridized carbons (Fsp3) is 0.455. The molecule has 0 aliphatic rings. The fourth-order valence-corrected chi connectivity index (χ4v) is 1.90. The lowest BCUT2D eigenvalue weighted by Crippen LogP contribution is -2.01. The van der Waals surface area contributed by atoms with Crippen molar-refractivity contribution in [2.45, 2.75) is 27.2 Å². The van der Waals surface area contributed by atoms with Gasteiger partial charge in [-0.3, -0.25) is 0 Å². The van der Waals surface area contributed by atoms with Gasteiger partial charge >= 0.3 is 0 Å². The number of nitrogens with one attached hydrogen (secondary N) is 1. The number of nitrogens with zero attached hydrogens (tertiary/aromatic N) is 2. The molecule has 2 heterocycles. The molecule has 4 heteroatoms. The summed E-state index contributed by atoms with van der Waals surface area (Å²) in [4.78, 5) is 11.8. The van der Waals surface area contributed by atoms with Crippen LogP contribution in [0, 0.1) is 12.8 Å². The van der Waals surface area contributed by atoms with Crippen LogP contribution in [0.25, 0.3) is 11.0 Å². The minimum Gasteiger partial charge on any atom is -0.330 e. The lowest BCUT2D eigenvalue weighted by molar-refractivity contribution is 0.636. The van der Waals surface area contributed by atoms with Gasteiger partial charge in [0.15, 0.2) is 0 Å². The number of aromatic nitrogens is 3. The second-order valence-corrected chi connectivity index (χ2v) is 4.60. The molecule has 0 atom stereocenters. The first-order chi connectivity index (χ1) is 7.06. The van der Waals surface area contributed by atoms with Gasteiger partial charge in [-0.05, 0) is 25.3 Å². The highest BCUT2D eigenvalue weighted by Gasteiger charge is 2.09. The summed E-state index contributed by atoms with van der Waals surface area (Å²) < 4.78 is 0. The van der Waals surface area contributed by atoms with E-state index in [4.69, 9.17) is 11.6 Å². The molecule has 0 aliphatic heterocycles. The number of hydrogen-bond acceptors (Lipinski definition) is 2. The average molecular weight is 224 g/mol. The van der Waals surface area contributed by atoms with E-state index in [0.717, 1.165) is 29.0 Å². The lowest BCUT2D eigenvalue weighted by atomic mass is 10.1. The van der Waals surface area contributed by atoms with E-state index in [0.29, 0.717) is 11.1 Å². The van der Waals surface area contributed by atoms with Gasteiger partial charge in [0.2, 0.25) is 0 Å². The Hall–Kier alpha value is -1.09. The zero-order valence-electron chi connectivity index (χ0n) is 9.13. The average Bonchev–Trinajstić information content (AvgIpc) is 2.44. The first-order valence-corrected chi connectivity index (χ1v) is 5.46. The highest BCUT2D eigenvalue weighted by molar-refractivity contribution is 6.30. The summed E-state index contributed by atoms with van der Waals surface area (Å²) in [6.07, 6.45) is 0.952. The van der Waals surface area contributed by atoms with Crippen molar-refractivity contribution in [1.82, 2.24) is 15.0 Å². The van der Waals surface area contributed by atoms with E-state index in [1.165, 1.54) is 0 Å². The molecule has 0 saturated heterocycles. The molecule has 2 rings (SSSR count). The van der Waals surface area contributed by atoms with Crippen molar-refractivity contribution in [3.8, 4) is 0 Å². The lowest BCUT2D eigenvalue weighted by Gasteiger charge is -2.05. The van der Waals surface area contributed by atoms with Crippen LogP contribution in [0.5, 0.6) is 0 Å².